The fraction of sp³-hybridized carbons (Fsp3) is 0.333. The standard InChI is InChI=1S/C18H20Br2/c1-3-13(2)15-6-8-16(9-7-15)18(20)12-14-4-10-17(19)11-5-14/h4-11,13,18H,3,12H2,1-2H3. The molecule has 0 aromatic heterocycles. The highest BCUT2D eigenvalue weighted by Crippen LogP contribution is 2.29. The van der Waals surface area contributed by atoms with Crippen molar-refractivity contribution in [2.45, 2.75) is 37.4 Å². The molecule has 0 saturated heterocycles. The molecule has 0 heterocycles. The van der Waals surface area contributed by atoms with Crippen LogP contribution >= 0.6 is 31.9 Å². The van der Waals surface area contributed by atoms with Gasteiger partial charge in [-0.1, -0.05) is 82.1 Å². The van der Waals surface area contributed by atoms with Crippen LogP contribution in [0.1, 0.15) is 47.7 Å². The van der Waals surface area contributed by atoms with Gasteiger partial charge in [-0.05, 0) is 47.6 Å². The summed E-state index contributed by atoms with van der Waals surface area (Å²) in [6, 6.07) is 17.6. The normalized spacial score (nSPS) is 14.0. The Morgan fingerprint density at radius 1 is 0.900 bits per heavy atom. The largest absolute Gasteiger partial charge is 0.0835 e. The lowest BCUT2D eigenvalue weighted by molar-refractivity contribution is 0.733. The maximum absolute atomic E-state index is 3.81. The Morgan fingerprint density at radius 2 is 1.45 bits per heavy atom. The van der Waals surface area contributed by atoms with Crippen LogP contribution < -0.4 is 0 Å². The number of halogens is 2. The Morgan fingerprint density at radius 3 is 2.00 bits per heavy atom. The molecule has 0 aliphatic heterocycles. The van der Waals surface area contributed by atoms with Crippen molar-refractivity contribution in [3.8, 4) is 0 Å². The smallest absolute Gasteiger partial charge is 0.0435 e. The van der Waals surface area contributed by atoms with Crippen molar-refractivity contribution in [1.82, 2.24) is 0 Å². The van der Waals surface area contributed by atoms with E-state index in [4.69, 9.17) is 0 Å². The van der Waals surface area contributed by atoms with E-state index in [0.29, 0.717) is 10.7 Å². The second kappa shape index (κ2) is 7.42. The van der Waals surface area contributed by atoms with E-state index in [1.807, 2.05) is 0 Å². The first-order chi connectivity index (χ1) is 9.60. The minimum Gasteiger partial charge on any atom is -0.0835 e. The second-order valence-electron chi connectivity index (χ2n) is 5.27. The molecule has 2 rings (SSSR count). The summed E-state index contributed by atoms with van der Waals surface area (Å²) < 4.78 is 1.13. The van der Waals surface area contributed by atoms with Gasteiger partial charge in [0.1, 0.15) is 0 Å². The number of rotatable bonds is 5. The van der Waals surface area contributed by atoms with Gasteiger partial charge in [0.05, 0.1) is 0 Å². The third kappa shape index (κ3) is 4.20. The SMILES string of the molecule is CCC(C)c1ccc(C(Br)Cc2ccc(Br)cc2)cc1. The molecule has 0 fully saturated rings. The van der Waals surface area contributed by atoms with Gasteiger partial charge in [0.25, 0.3) is 0 Å². The van der Waals surface area contributed by atoms with E-state index in [2.05, 4.69) is 94.2 Å². The highest BCUT2D eigenvalue weighted by molar-refractivity contribution is 9.10. The van der Waals surface area contributed by atoms with E-state index < -0.39 is 0 Å². The Bertz CT molecular complexity index is 528. The monoisotopic (exact) mass is 394 g/mol. The van der Waals surface area contributed by atoms with Crippen LogP contribution in [0.15, 0.2) is 53.0 Å². The Balaban J connectivity index is 2.05. The molecule has 20 heavy (non-hydrogen) atoms. The first-order valence-electron chi connectivity index (χ1n) is 7.08. The van der Waals surface area contributed by atoms with E-state index in [1.165, 1.54) is 23.1 Å². The van der Waals surface area contributed by atoms with E-state index >= 15 is 0 Å². The second-order valence-corrected chi connectivity index (χ2v) is 7.30. The zero-order valence-electron chi connectivity index (χ0n) is 11.9. The molecule has 0 aliphatic rings. The van der Waals surface area contributed by atoms with Gasteiger partial charge in [-0.25, -0.2) is 0 Å². The van der Waals surface area contributed by atoms with Crippen LogP contribution in [-0.4, -0.2) is 0 Å². The predicted octanol–water partition coefficient (Wildman–Crippen LogP) is 6.64. The number of hydrogen-bond donors (Lipinski definition) is 0. The Hall–Kier alpha value is -0.600. The van der Waals surface area contributed by atoms with Crippen molar-refractivity contribution in [3.05, 3.63) is 69.7 Å². The summed E-state index contributed by atoms with van der Waals surface area (Å²) in [5, 5.41) is 0. The van der Waals surface area contributed by atoms with E-state index in [0.717, 1.165) is 10.9 Å². The predicted molar refractivity (Wildman–Crippen MR) is 94.7 cm³/mol. The number of hydrogen-bond acceptors (Lipinski definition) is 0. The fourth-order valence-electron chi connectivity index (χ4n) is 2.21. The van der Waals surface area contributed by atoms with Crippen LogP contribution in [-0.2, 0) is 6.42 Å². The lowest BCUT2D eigenvalue weighted by Gasteiger charge is -2.13. The molecular weight excluding hydrogens is 376 g/mol. The van der Waals surface area contributed by atoms with Gasteiger partial charge in [0.2, 0.25) is 0 Å². The fourth-order valence-corrected chi connectivity index (χ4v) is 3.16. The Kier molecular flexibility index (Phi) is 5.86. The molecule has 0 aliphatic carbocycles. The summed E-state index contributed by atoms with van der Waals surface area (Å²) in [5.74, 6) is 0.643. The first kappa shape index (κ1) is 15.8. The topological polar surface area (TPSA) is 0 Å². The molecule has 2 aromatic carbocycles. The molecule has 0 N–H and O–H groups in total. The maximum atomic E-state index is 3.81. The summed E-state index contributed by atoms with van der Waals surface area (Å²) in [7, 11) is 0. The minimum absolute atomic E-state index is 0.370. The van der Waals surface area contributed by atoms with Gasteiger partial charge in [-0.2, -0.15) is 0 Å². The van der Waals surface area contributed by atoms with Crippen LogP contribution in [0.3, 0.4) is 0 Å². The van der Waals surface area contributed by atoms with Gasteiger partial charge < -0.3 is 0 Å². The van der Waals surface area contributed by atoms with E-state index in [-0.39, 0.29) is 0 Å². The van der Waals surface area contributed by atoms with Gasteiger partial charge in [-0.15, -0.1) is 0 Å². The van der Waals surface area contributed by atoms with Crippen molar-refractivity contribution in [3.63, 3.8) is 0 Å². The molecular formula is C18H20Br2. The van der Waals surface area contributed by atoms with Crippen molar-refractivity contribution in [2.75, 3.05) is 0 Å². The van der Waals surface area contributed by atoms with Gasteiger partial charge >= 0.3 is 0 Å². The molecule has 0 amide bonds. The molecule has 0 spiro atoms. The van der Waals surface area contributed by atoms with Crippen LogP contribution in [0, 0.1) is 0 Å². The van der Waals surface area contributed by atoms with Crippen molar-refractivity contribution in [1.29, 1.82) is 0 Å². The third-order valence-corrected chi connectivity index (χ3v) is 5.19. The summed E-state index contributed by atoms with van der Waals surface area (Å²) in [4.78, 5) is 0.370. The lowest BCUT2D eigenvalue weighted by Crippen LogP contribution is -1.97. The summed E-state index contributed by atoms with van der Waals surface area (Å²) in [6.07, 6.45) is 2.20. The van der Waals surface area contributed by atoms with Crippen LogP contribution in [0.2, 0.25) is 0 Å². The molecule has 2 aromatic rings. The average Bonchev–Trinajstić information content (AvgIpc) is 2.49. The number of benzene rings is 2. The molecule has 2 heteroatoms. The van der Waals surface area contributed by atoms with Gasteiger partial charge in [0.15, 0.2) is 0 Å². The maximum Gasteiger partial charge on any atom is 0.0435 e. The lowest BCUT2D eigenvalue weighted by atomic mass is 9.96. The summed E-state index contributed by atoms with van der Waals surface area (Å²) in [6.45, 7) is 4.52. The zero-order chi connectivity index (χ0) is 14.5. The molecule has 0 bridgehead atoms. The molecule has 106 valence electrons. The van der Waals surface area contributed by atoms with Crippen molar-refractivity contribution >= 4 is 31.9 Å². The van der Waals surface area contributed by atoms with Crippen LogP contribution in [0.4, 0.5) is 0 Å². The summed E-state index contributed by atoms with van der Waals surface area (Å²) >= 11 is 7.28. The highest BCUT2D eigenvalue weighted by Gasteiger charge is 2.09. The van der Waals surface area contributed by atoms with Crippen LogP contribution in [0.25, 0.3) is 0 Å². The third-order valence-electron chi connectivity index (χ3n) is 3.81. The summed E-state index contributed by atoms with van der Waals surface area (Å²) in [5.41, 5.74) is 4.13. The number of alkyl halides is 1. The van der Waals surface area contributed by atoms with Gasteiger partial charge in [0, 0.05) is 9.30 Å². The van der Waals surface area contributed by atoms with E-state index in [1.54, 1.807) is 0 Å². The van der Waals surface area contributed by atoms with E-state index in [9.17, 15) is 0 Å². The molecule has 0 radical (unpaired) electrons. The zero-order valence-corrected chi connectivity index (χ0v) is 15.1. The molecule has 2 unspecified atom stereocenters. The van der Waals surface area contributed by atoms with Crippen molar-refractivity contribution < 1.29 is 0 Å². The van der Waals surface area contributed by atoms with Crippen molar-refractivity contribution in [2.24, 2.45) is 0 Å². The molecule has 0 nitrogen and oxygen atoms in total. The highest BCUT2D eigenvalue weighted by atomic mass is 79.9. The average molecular weight is 396 g/mol. The minimum atomic E-state index is 0.370. The molecule has 2 atom stereocenters. The quantitative estimate of drug-likeness (QED) is 0.497. The molecule has 0 saturated carbocycles. The van der Waals surface area contributed by atoms with Crippen LogP contribution in [0.5, 0.6) is 0 Å². The first-order valence-corrected chi connectivity index (χ1v) is 8.79. The van der Waals surface area contributed by atoms with Gasteiger partial charge in [-0.3, -0.25) is 0 Å². The Labute approximate surface area is 138 Å².